The standard InChI is InChI=1S/C13H20N2O3.2ClH/c1-17-11-7-10(8-12(18-2)13(11)16)9-15-5-3-14-4-6-15;;/h7-8,14,16H,3-6,9H2,1-2H3;2*1H. The molecule has 0 atom stereocenters. The molecular weight excluding hydrogens is 303 g/mol. The smallest absolute Gasteiger partial charge is 0.200 e. The molecule has 0 aliphatic carbocycles. The molecule has 7 heteroatoms. The summed E-state index contributed by atoms with van der Waals surface area (Å²) in [6.45, 7) is 4.95. The van der Waals surface area contributed by atoms with E-state index in [0.29, 0.717) is 11.5 Å². The normalized spacial score (nSPS) is 14.9. The van der Waals surface area contributed by atoms with E-state index >= 15 is 0 Å². The summed E-state index contributed by atoms with van der Waals surface area (Å²) < 4.78 is 10.3. The third-order valence-electron chi connectivity index (χ3n) is 3.16. The van der Waals surface area contributed by atoms with E-state index < -0.39 is 0 Å². The molecule has 1 saturated heterocycles. The van der Waals surface area contributed by atoms with Crippen LogP contribution in [0.1, 0.15) is 5.56 Å². The molecule has 0 bridgehead atoms. The molecule has 0 saturated carbocycles. The molecule has 1 aromatic carbocycles. The number of hydrogen-bond acceptors (Lipinski definition) is 5. The van der Waals surface area contributed by atoms with E-state index in [1.54, 1.807) is 14.2 Å². The largest absolute Gasteiger partial charge is 0.502 e. The average molecular weight is 325 g/mol. The van der Waals surface area contributed by atoms with Crippen molar-refractivity contribution in [2.45, 2.75) is 6.54 Å². The van der Waals surface area contributed by atoms with Crippen molar-refractivity contribution in [2.75, 3.05) is 40.4 Å². The Labute approximate surface area is 132 Å². The van der Waals surface area contributed by atoms with Gasteiger partial charge in [0.15, 0.2) is 11.5 Å². The van der Waals surface area contributed by atoms with Gasteiger partial charge in [-0.1, -0.05) is 0 Å². The van der Waals surface area contributed by atoms with Crippen LogP contribution in [0.5, 0.6) is 17.2 Å². The van der Waals surface area contributed by atoms with Crippen molar-refractivity contribution in [2.24, 2.45) is 0 Å². The number of ether oxygens (including phenoxy) is 2. The summed E-state index contributed by atoms with van der Waals surface area (Å²) in [5, 5.41) is 13.2. The number of methoxy groups -OCH3 is 2. The van der Waals surface area contributed by atoms with E-state index in [4.69, 9.17) is 9.47 Å². The molecule has 0 radical (unpaired) electrons. The van der Waals surface area contributed by atoms with Gasteiger partial charge in [0.2, 0.25) is 5.75 Å². The Kier molecular flexibility index (Phi) is 8.73. The molecule has 2 rings (SSSR count). The Morgan fingerprint density at radius 2 is 1.60 bits per heavy atom. The quantitative estimate of drug-likeness (QED) is 0.882. The van der Waals surface area contributed by atoms with E-state index in [2.05, 4.69) is 10.2 Å². The highest BCUT2D eigenvalue weighted by Gasteiger charge is 2.14. The average Bonchev–Trinajstić information content (AvgIpc) is 2.41. The highest BCUT2D eigenvalue weighted by atomic mass is 35.5. The second kappa shape index (κ2) is 9.13. The van der Waals surface area contributed by atoms with Gasteiger partial charge in [-0.3, -0.25) is 4.90 Å². The maximum atomic E-state index is 9.85. The van der Waals surface area contributed by atoms with Crippen molar-refractivity contribution in [1.29, 1.82) is 0 Å². The molecule has 1 fully saturated rings. The Morgan fingerprint density at radius 1 is 1.10 bits per heavy atom. The lowest BCUT2D eigenvalue weighted by molar-refractivity contribution is 0.232. The Balaban J connectivity index is 0.00000180. The predicted octanol–water partition coefficient (Wildman–Crippen LogP) is 1.66. The number of hydrogen-bond donors (Lipinski definition) is 2. The number of halogens is 2. The third kappa shape index (κ3) is 4.59. The number of phenols is 1. The molecule has 116 valence electrons. The fourth-order valence-corrected chi connectivity index (χ4v) is 2.17. The van der Waals surface area contributed by atoms with Crippen molar-refractivity contribution in [1.82, 2.24) is 10.2 Å². The molecule has 1 heterocycles. The third-order valence-corrected chi connectivity index (χ3v) is 3.16. The van der Waals surface area contributed by atoms with Gasteiger partial charge in [0.25, 0.3) is 0 Å². The van der Waals surface area contributed by atoms with E-state index in [0.717, 1.165) is 38.3 Å². The summed E-state index contributed by atoms with van der Waals surface area (Å²) in [6, 6.07) is 3.72. The van der Waals surface area contributed by atoms with Gasteiger partial charge in [-0.15, -0.1) is 24.8 Å². The zero-order valence-corrected chi connectivity index (χ0v) is 13.4. The summed E-state index contributed by atoms with van der Waals surface area (Å²) in [4.78, 5) is 2.36. The van der Waals surface area contributed by atoms with Crippen molar-refractivity contribution < 1.29 is 14.6 Å². The van der Waals surface area contributed by atoms with Crippen molar-refractivity contribution >= 4 is 24.8 Å². The van der Waals surface area contributed by atoms with Crippen LogP contribution >= 0.6 is 24.8 Å². The predicted molar refractivity (Wildman–Crippen MR) is 83.9 cm³/mol. The molecule has 0 unspecified atom stereocenters. The second-order valence-electron chi connectivity index (χ2n) is 4.38. The van der Waals surface area contributed by atoms with Gasteiger partial charge in [-0.05, 0) is 17.7 Å². The molecule has 20 heavy (non-hydrogen) atoms. The van der Waals surface area contributed by atoms with Gasteiger partial charge in [0.05, 0.1) is 14.2 Å². The first kappa shape index (κ1) is 19.1. The van der Waals surface area contributed by atoms with Crippen LogP contribution in [-0.2, 0) is 6.54 Å². The SMILES string of the molecule is COc1cc(CN2CCNCC2)cc(OC)c1O.Cl.Cl. The monoisotopic (exact) mass is 324 g/mol. The molecule has 1 aromatic rings. The molecule has 0 aromatic heterocycles. The first-order valence-electron chi connectivity index (χ1n) is 6.11. The first-order valence-corrected chi connectivity index (χ1v) is 6.11. The number of aromatic hydroxyl groups is 1. The lowest BCUT2D eigenvalue weighted by Crippen LogP contribution is -2.42. The lowest BCUT2D eigenvalue weighted by Gasteiger charge is -2.27. The fraction of sp³-hybridized carbons (Fsp3) is 0.538. The Morgan fingerprint density at radius 3 is 2.05 bits per heavy atom. The topological polar surface area (TPSA) is 54.0 Å². The van der Waals surface area contributed by atoms with Crippen LogP contribution in [0.15, 0.2) is 12.1 Å². The van der Waals surface area contributed by atoms with Crippen LogP contribution in [0.2, 0.25) is 0 Å². The molecular formula is C13H22Cl2N2O3. The van der Waals surface area contributed by atoms with E-state index in [9.17, 15) is 5.11 Å². The summed E-state index contributed by atoms with van der Waals surface area (Å²) >= 11 is 0. The zero-order valence-electron chi connectivity index (χ0n) is 11.7. The fourth-order valence-electron chi connectivity index (χ4n) is 2.17. The molecule has 1 aliphatic heterocycles. The van der Waals surface area contributed by atoms with Crippen LogP contribution in [0.25, 0.3) is 0 Å². The van der Waals surface area contributed by atoms with Crippen molar-refractivity contribution in [3.63, 3.8) is 0 Å². The summed E-state index contributed by atoms with van der Waals surface area (Å²) in [6.07, 6.45) is 0. The molecule has 0 amide bonds. The van der Waals surface area contributed by atoms with Gasteiger partial charge in [-0.2, -0.15) is 0 Å². The molecule has 0 spiro atoms. The van der Waals surface area contributed by atoms with E-state index in [-0.39, 0.29) is 30.6 Å². The van der Waals surface area contributed by atoms with Gasteiger partial charge in [0, 0.05) is 32.7 Å². The number of nitrogens with one attached hydrogen (secondary N) is 1. The lowest BCUT2D eigenvalue weighted by atomic mass is 10.1. The number of benzene rings is 1. The minimum absolute atomic E-state index is 0. The minimum atomic E-state index is 0. The molecule has 2 N–H and O–H groups in total. The minimum Gasteiger partial charge on any atom is -0.502 e. The van der Waals surface area contributed by atoms with Gasteiger partial charge >= 0.3 is 0 Å². The van der Waals surface area contributed by atoms with Gasteiger partial charge in [-0.25, -0.2) is 0 Å². The number of nitrogens with zero attached hydrogens (tertiary/aromatic N) is 1. The van der Waals surface area contributed by atoms with E-state index in [1.807, 2.05) is 12.1 Å². The maximum absolute atomic E-state index is 9.85. The molecule has 5 nitrogen and oxygen atoms in total. The number of rotatable bonds is 4. The van der Waals surface area contributed by atoms with Crippen LogP contribution in [0, 0.1) is 0 Å². The van der Waals surface area contributed by atoms with Crippen LogP contribution in [0.4, 0.5) is 0 Å². The van der Waals surface area contributed by atoms with Crippen LogP contribution in [-0.4, -0.2) is 50.4 Å². The maximum Gasteiger partial charge on any atom is 0.200 e. The summed E-state index contributed by atoms with van der Waals surface area (Å²) in [5.41, 5.74) is 1.09. The second-order valence-corrected chi connectivity index (χ2v) is 4.38. The van der Waals surface area contributed by atoms with Gasteiger partial charge in [0.1, 0.15) is 0 Å². The van der Waals surface area contributed by atoms with Crippen LogP contribution in [0.3, 0.4) is 0 Å². The number of phenolic OH excluding ortho intramolecular Hbond substituents is 1. The zero-order chi connectivity index (χ0) is 13.0. The van der Waals surface area contributed by atoms with Crippen molar-refractivity contribution in [3.05, 3.63) is 17.7 Å². The summed E-state index contributed by atoms with van der Waals surface area (Å²) in [7, 11) is 3.09. The van der Waals surface area contributed by atoms with Crippen LogP contribution < -0.4 is 14.8 Å². The first-order chi connectivity index (χ1) is 8.74. The Bertz CT molecular complexity index is 388. The number of piperazine rings is 1. The highest BCUT2D eigenvalue weighted by molar-refractivity contribution is 5.85. The molecule has 1 aliphatic rings. The Hall–Kier alpha value is -0.880. The summed E-state index contributed by atoms with van der Waals surface area (Å²) in [5.74, 6) is 0.975. The van der Waals surface area contributed by atoms with E-state index in [1.165, 1.54) is 0 Å². The van der Waals surface area contributed by atoms with Gasteiger partial charge < -0.3 is 19.9 Å². The van der Waals surface area contributed by atoms with Crippen molar-refractivity contribution in [3.8, 4) is 17.2 Å². The highest BCUT2D eigenvalue weighted by Crippen LogP contribution is 2.37.